The largest absolute Gasteiger partial charge is 0.573 e. The van der Waals surface area contributed by atoms with Crippen molar-refractivity contribution in [3.8, 4) is 21.3 Å². The predicted octanol–water partition coefficient (Wildman–Crippen LogP) is 5.96. The summed E-state index contributed by atoms with van der Waals surface area (Å²) in [5.74, 6) is -0.768. The summed E-state index contributed by atoms with van der Waals surface area (Å²) in [6.45, 7) is 1.88. The number of hydrogen-bond acceptors (Lipinski definition) is 5. The van der Waals surface area contributed by atoms with E-state index in [2.05, 4.69) is 4.74 Å². The number of halogens is 3. The second-order valence-corrected chi connectivity index (χ2v) is 7.47. The van der Waals surface area contributed by atoms with Crippen LogP contribution in [0.1, 0.15) is 15.9 Å². The highest BCUT2D eigenvalue weighted by atomic mass is 32.1. The van der Waals surface area contributed by atoms with E-state index in [0.29, 0.717) is 16.0 Å². The molecular weight excluding hydrogens is 435 g/mol. The molecule has 0 fully saturated rings. The van der Waals surface area contributed by atoms with Crippen LogP contribution in [-0.4, -0.2) is 30.6 Å². The number of anilines is 1. The van der Waals surface area contributed by atoms with Gasteiger partial charge < -0.3 is 19.5 Å². The van der Waals surface area contributed by atoms with Gasteiger partial charge in [0.1, 0.15) is 5.75 Å². The number of amides is 1. The van der Waals surface area contributed by atoms with E-state index in [1.54, 1.807) is 24.3 Å². The molecule has 162 valence electrons. The molecule has 0 aliphatic rings. The van der Waals surface area contributed by atoms with Crippen LogP contribution in [0.2, 0.25) is 0 Å². The fourth-order valence-electron chi connectivity index (χ4n) is 2.71. The maximum atomic E-state index is 12.8. The lowest BCUT2D eigenvalue weighted by atomic mass is 10.1. The van der Waals surface area contributed by atoms with Crippen molar-refractivity contribution >= 4 is 29.1 Å². The monoisotopic (exact) mass is 451 g/mol. The van der Waals surface area contributed by atoms with E-state index in [0.717, 1.165) is 29.0 Å². The van der Waals surface area contributed by atoms with E-state index in [9.17, 15) is 22.8 Å². The Morgan fingerprint density at radius 2 is 1.65 bits per heavy atom. The molecule has 31 heavy (non-hydrogen) atoms. The minimum atomic E-state index is -4.81. The number of carbonyl (C=O) groups is 2. The molecule has 0 unspecified atom stereocenters. The van der Waals surface area contributed by atoms with Crippen molar-refractivity contribution in [1.82, 2.24) is 0 Å². The fourth-order valence-corrected chi connectivity index (χ4v) is 3.75. The van der Waals surface area contributed by atoms with Crippen LogP contribution in [-0.2, 0) is 0 Å². The van der Waals surface area contributed by atoms with Gasteiger partial charge in [-0.25, -0.2) is 4.79 Å². The standard InChI is InChI=1S/C21H16F3NO5S/c1-12-3-5-14(6-4-12)18(26)25(2)16-11-17(31-19(16)29-20(27)28)13-7-9-15(10-8-13)30-21(22,23)24/h3-11H,1-2H3,(H,27,28). The third-order valence-electron chi connectivity index (χ3n) is 4.20. The number of ether oxygens (including phenoxy) is 2. The Morgan fingerprint density at radius 1 is 1.03 bits per heavy atom. The predicted molar refractivity (Wildman–Crippen MR) is 109 cm³/mol. The van der Waals surface area contributed by atoms with Gasteiger partial charge in [0.15, 0.2) is 0 Å². The lowest BCUT2D eigenvalue weighted by Crippen LogP contribution is -2.26. The molecule has 1 heterocycles. The number of hydrogen-bond donors (Lipinski definition) is 1. The first-order valence-corrected chi connectivity index (χ1v) is 9.60. The highest BCUT2D eigenvalue weighted by Gasteiger charge is 2.31. The van der Waals surface area contributed by atoms with E-state index in [1.807, 2.05) is 6.92 Å². The molecule has 1 amide bonds. The lowest BCUT2D eigenvalue weighted by molar-refractivity contribution is -0.274. The summed E-state index contributed by atoms with van der Waals surface area (Å²) in [6.07, 6.45) is -6.36. The van der Waals surface area contributed by atoms with Gasteiger partial charge in [-0.05, 0) is 55.0 Å². The zero-order chi connectivity index (χ0) is 22.8. The molecule has 3 rings (SSSR count). The highest BCUT2D eigenvalue weighted by Crippen LogP contribution is 2.43. The Hall–Kier alpha value is -3.53. The fraction of sp³-hybridized carbons (Fsp3) is 0.143. The number of thiophene rings is 1. The first-order valence-electron chi connectivity index (χ1n) is 8.79. The van der Waals surface area contributed by atoms with E-state index >= 15 is 0 Å². The first kappa shape index (κ1) is 22.2. The highest BCUT2D eigenvalue weighted by molar-refractivity contribution is 7.18. The van der Waals surface area contributed by atoms with Crippen molar-refractivity contribution in [3.05, 3.63) is 65.7 Å². The van der Waals surface area contributed by atoms with Gasteiger partial charge in [0.2, 0.25) is 5.06 Å². The number of aryl methyl sites for hydroxylation is 1. The maximum absolute atomic E-state index is 12.8. The molecule has 1 N–H and O–H groups in total. The summed E-state index contributed by atoms with van der Waals surface area (Å²) in [4.78, 5) is 25.7. The Balaban J connectivity index is 1.93. The van der Waals surface area contributed by atoms with Gasteiger partial charge in [-0.3, -0.25) is 4.79 Å². The van der Waals surface area contributed by atoms with E-state index < -0.39 is 12.5 Å². The molecule has 0 saturated carbocycles. The van der Waals surface area contributed by atoms with Crippen LogP contribution in [0.25, 0.3) is 10.4 Å². The molecule has 0 bridgehead atoms. The van der Waals surface area contributed by atoms with Crippen LogP contribution < -0.4 is 14.4 Å². The van der Waals surface area contributed by atoms with Crippen LogP contribution >= 0.6 is 11.3 Å². The van der Waals surface area contributed by atoms with Crippen LogP contribution in [0, 0.1) is 6.92 Å². The average Bonchev–Trinajstić information content (AvgIpc) is 3.09. The summed E-state index contributed by atoms with van der Waals surface area (Å²) < 4.78 is 45.7. The Morgan fingerprint density at radius 3 is 2.19 bits per heavy atom. The van der Waals surface area contributed by atoms with Gasteiger partial charge in [0, 0.05) is 17.5 Å². The zero-order valence-corrected chi connectivity index (χ0v) is 17.1. The molecule has 0 spiro atoms. The normalized spacial score (nSPS) is 11.1. The third-order valence-corrected chi connectivity index (χ3v) is 5.25. The maximum Gasteiger partial charge on any atom is 0.573 e. The second-order valence-electron chi connectivity index (χ2n) is 6.45. The minimum Gasteiger partial charge on any atom is -0.449 e. The molecule has 0 aliphatic carbocycles. The summed E-state index contributed by atoms with van der Waals surface area (Å²) in [7, 11) is 1.48. The van der Waals surface area contributed by atoms with Crippen LogP contribution in [0.5, 0.6) is 10.8 Å². The van der Waals surface area contributed by atoms with Crippen molar-refractivity contribution in [1.29, 1.82) is 0 Å². The smallest absolute Gasteiger partial charge is 0.449 e. The molecule has 0 saturated heterocycles. The molecule has 6 nitrogen and oxygen atoms in total. The number of carbonyl (C=O) groups excluding carboxylic acids is 1. The van der Waals surface area contributed by atoms with Gasteiger partial charge in [-0.1, -0.05) is 29.0 Å². The molecule has 3 aromatic rings. The van der Waals surface area contributed by atoms with Crippen LogP contribution in [0.3, 0.4) is 0 Å². The number of rotatable bonds is 5. The Bertz CT molecular complexity index is 1090. The molecule has 10 heteroatoms. The summed E-state index contributed by atoms with van der Waals surface area (Å²) >= 11 is 0.943. The Labute approximate surface area is 179 Å². The average molecular weight is 451 g/mol. The van der Waals surface area contributed by atoms with E-state index in [-0.39, 0.29) is 22.4 Å². The van der Waals surface area contributed by atoms with Crippen molar-refractivity contribution in [2.45, 2.75) is 13.3 Å². The van der Waals surface area contributed by atoms with E-state index in [4.69, 9.17) is 9.84 Å². The molecule has 0 aliphatic heterocycles. The number of nitrogens with zero attached hydrogens (tertiary/aromatic N) is 1. The molecule has 2 aromatic carbocycles. The van der Waals surface area contributed by atoms with Crippen molar-refractivity contribution < 1.29 is 37.3 Å². The van der Waals surface area contributed by atoms with Crippen molar-refractivity contribution in [2.75, 3.05) is 11.9 Å². The lowest BCUT2D eigenvalue weighted by Gasteiger charge is -2.17. The van der Waals surface area contributed by atoms with Crippen LogP contribution in [0.4, 0.5) is 23.7 Å². The topological polar surface area (TPSA) is 76.1 Å². The third kappa shape index (κ3) is 5.54. The molecule has 0 atom stereocenters. The Kier molecular flexibility index (Phi) is 6.21. The molecular formula is C21H16F3NO5S. The first-order chi connectivity index (χ1) is 14.5. The number of carboxylic acid groups (broad SMARTS) is 1. The second kappa shape index (κ2) is 8.68. The SMILES string of the molecule is Cc1ccc(C(=O)N(C)c2cc(-c3ccc(OC(F)(F)F)cc3)sc2OC(=O)O)cc1. The quantitative estimate of drug-likeness (QED) is 0.485. The summed E-state index contributed by atoms with van der Waals surface area (Å²) in [5.41, 5.74) is 2.08. The summed E-state index contributed by atoms with van der Waals surface area (Å²) in [6, 6.07) is 13.5. The number of benzene rings is 2. The minimum absolute atomic E-state index is 0.0407. The number of alkyl halides is 3. The van der Waals surface area contributed by atoms with Gasteiger partial charge in [-0.2, -0.15) is 0 Å². The van der Waals surface area contributed by atoms with Gasteiger partial charge >= 0.3 is 12.5 Å². The van der Waals surface area contributed by atoms with Crippen molar-refractivity contribution in [3.63, 3.8) is 0 Å². The molecule has 1 aromatic heterocycles. The van der Waals surface area contributed by atoms with Crippen molar-refractivity contribution in [2.24, 2.45) is 0 Å². The zero-order valence-electron chi connectivity index (χ0n) is 16.3. The summed E-state index contributed by atoms with van der Waals surface area (Å²) in [5, 5.41) is 9.00. The van der Waals surface area contributed by atoms with Gasteiger partial charge in [-0.15, -0.1) is 13.2 Å². The van der Waals surface area contributed by atoms with E-state index in [1.165, 1.54) is 30.1 Å². The van der Waals surface area contributed by atoms with Crippen LogP contribution in [0.15, 0.2) is 54.6 Å². The van der Waals surface area contributed by atoms with Gasteiger partial charge in [0.05, 0.1) is 5.69 Å². The van der Waals surface area contributed by atoms with Gasteiger partial charge in [0.25, 0.3) is 5.91 Å². The molecule has 0 radical (unpaired) electrons.